The molecule has 0 amide bonds. The van der Waals surface area contributed by atoms with E-state index < -0.39 is 0 Å². The summed E-state index contributed by atoms with van der Waals surface area (Å²) in [7, 11) is 0. The Balaban J connectivity index is 2.16. The van der Waals surface area contributed by atoms with Crippen LogP contribution in [0.3, 0.4) is 0 Å². The second-order valence-corrected chi connectivity index (χ2v) is 5.13. The predicted molar refractivity (Wildman–Crippen MR) is 76.9 cm³/mol. The quantitative estimate of drug-likeness (QED) is 0.890. The SMILES string of the molecule is CCC(N)c1ccn(Cc2ccc(C)cc2Cl)c1. The van der Waals surface area contributed by atoms with Crippen molar-refractivity contribution in [2.24, 2.45) is 5.73 Å². The van der Waals surface area contributed by atoms with E-state index >= 15 is 0 Å². The number of nitrogens with zero attached hydrogens (tertiary/aromatic N) is 1. The van der Waals surface area contributed by atoms with Gasteiger partial charge in [0.15, 0.2) is 0 Å². The summed E-state index contributed by atoms with van der Waals surface area (Å²) in [6.45, 7) is 4.93. The van der Waals surface area contributed by atoms with Crippen molar-refractivity contribution in [3.05, 3.63) is 58.4 Å². The molecule has 0 aliphatic heterocycles. The molecule has 1 heterocycles. The van der Waals surface area contributed by atoms with E-state index in [1.165, 1.54) is 11.1 Å². The zero-order valence-electron chi connectivity index (χ0n) is 10.9. The van der Waals surface area contributed by atoms with Gasteiger partial charge >= 0.3 is 0 Å². The fourth-order valence-electron chi connectivity index (χ4n) is 1.99. The molecule has 2 N–H and O–H groups in total. The fourth-order valence-corrected chi connectivity index (χ4v) is 2.28. The molecule has 2 nitrogen and oxygen atoms in total. The number of benzene rings is 1. The fraction of sp³-hybridized carbons (Fsp3) is 0.333. The molecular formula is C15H19ClN2. The Hall–Kier alpha value is -1.25. The number of rotatable bonds is 4. The monoisotopic (exact) mass is 262 g/mol. The average Bonchev–Trinajstić information content (AvgIpc) is 2.80. The lowest BCUT2D eigenvalue weighted by atomic mass is 10.1. The molecule has 0 aliphatic rings. The van der Waals surface area contributed by atoms with Crippen molar-refractivity contribution in [2.75, 3.05) is 0 Å². The molecule has 0 bridgehead atoms. The highest BCUT2D eigenvalue weighted by Gasteiger charge is 2.06. The minimum absolute atomic E-state index is 0.125. The van der Waals surface area contributed by atoms with E-state index in [0.717, 1.165) is 23.6 Å². The first-order valence-electron chi connectivity index (χ1n) is 6.26. The first-order chi connectivity index (χ1) is 8.60. The van der Waals surface area contributed by atoms with Gasteiger partial charge in [0.1, 0.15) is 0 Å². The second kappa shape index (κ2) is 5.59. The molecule has 0 saturated heterocycles. The van der Waals surface area contributed by atoms with Gasteiger partial charge in [0.2, 0.25) is 0 Å². The van der Waals surface area contributed by atoms with Gasteiger partial charge in [-0.3, -0.25) is 0 Å². The molecule has 2 aromatic rings. The van der Waals surface area contributed by atoms with Gasteiger partial charge in [-0.05, 0) is 42.2 Å². The molecule has 0 spiro atoms. The van der Waals surface area contributed by atoms with Gasteiger partial charge < -0.3 is 10.3 Å². The second-order valence-electron chi connectivity index (χ2n) is 4.73. The summed E-state index contributed by atoms with van der Waals surface area (Å²) in [5.74, 6) is 0. The topological polar surface area (TPSA) is 30.9 Å². The van der Waals surface area contributed by atoms with Crippen molar-refractivity contribution < 1.29 is 0 Å². The minimum Gasteiger partial charge on any atom is -0.350 e. The van der Waals surface area contributed by atoms with Crippen LogP contribution in [0.2, 0.25) is 5.02 Å². The predicted octanol–water partition coefficient (Wildman–Crippen LogP) is 3.91. The van der Waals surface area contributed by atoms with Gasteiger partial charge in [-0.25, -0.2) is 0 Å². The van der Waals surface area contributed by atoms with Crippen molar-refractivity contribution in [2.45, 2.75) is 32.9 Å². The molecule has 0 saturated carbocycles. The summed E-state index contributed by atoms with van der Waals surface area (Å²) < 4.78 is 2.13. The van der Waals surface area contributed by atoms with Gasteiger partial charge in [0.05, 0.1) is 0 Å². The van der Waals surface area contributed by atoms with E-state index in [9.17, 15) is 0 Å². The normalized spacial score (nSPS) is 12.7. The van der Waals surface area contributed by atoms with Crippen LogP contribution < -0.4 is 5.73 Å². The molecule has 1 unspecified atom stereocenters. The highest BCUT2D eigenvalue weighted by atomic mass is 35.5. The first kappa shape index (κ1) is 13.2. The van der Waals surface area contributed by atoms with Gasteiger partial charge in [0.25, 0.3) is 0 Å². The Bertz CT molecular complexity index is 531. The maximum Gasteiger partial charge on any atom is 0.0485 e. The Kier molecular flexibility index (Phi) is 4.10. The number of hydrogen-bond acceptors (Lipinski definition) is 1. The largest absolute Gasteiger partial charge is 0.350 e. The van der Waals surface area contributed by atoms with E-state index in [2.05, 4.69) is 42.1 Å². The standard InChI is InChI=1S/C15H19ClN2/c1-3-15(17)13-6-7-18(10-13)9-12-5-4-11(2)8-14(12)16/h4-8,10,15H,3,9,17H2,1-2H3. The molecule has 0 aliphatic carbocycles. The number of aryl methyl sites for hydroxylation is 1. The molecule has 96 valence electrons. The van der Waals surface area contributed by atoms with E-state index in [1.54, 1.807) is 0 Å². The first-order valence-corrected chi connectivity index (χ1v) is 6.64. The molecule has 1 aromatic heterocycles. The summed E-state index contributed by atoms with van der Waals surface area (Å²) >= 11 is 6.24. The lowest BCUT2D eigenvalue weighted by Crippen LogP contribution is -2.07. The summed E-state index contributed by atoms with van der Waals surface area (Å²) in [6.07, 6.45) is 5.11. The third kappa shape index (κ3) is 2.95. The van der Waals surface area contributed by atoms with Crippen LogP contribution in [0.4, 0.5) is 0 Å². The van der Waals surface area contributed by atoms with Crippen LogP contribution in [0.15, 0.2) is 36.7 Å². The highest BCUT2D eigenvalue weighted by Crippen LogP contribution is 2.20. The molecule has 1 aromatic carbocycles. The lowest BCUT2D eigenvalue weighted by Gasteiger charge is -2.08. The van der Waals surface area contributed by atoms with Crippen LogP contribution in [-0.2, 0) is 6.54 Å². The zero-order valence-corrected chi connectivity index (χ0v) is 11.6. The van der Waals surface area contributed by atoms with E-state index in [4.69, 9.17) is 17.3 Å². The van der Waals surface area contributed by atoms with Crippen molar-refractivity contribution in [1.82, 2.24) is 4.57 Å². The molecule has 1 atom stereocenters. The van der Waals surface area contributed by atoms with Crippen LogP contribution in [0.5, 0.6) is 0 Å². The van der Waals surface area contributed by atoms with Crippen molar-refractivity contribution in [3.8, 4) is 0 Å². The molecule has 0 radical (unpaired) electrons. The van der Waals surface area contributed by atoms with E-state index in [-0.39, 0.29) is 6.04 Å². The molecular weight excluding hydrogens is 244 g/mol. The lowest BCUT2D eigenvalue weighted by molar-refractivity contribution is 0.693. The smallest absolute Gasteiger partial charge is 0.0485 e. The summed E-state index contributed by atoms with van der Waals surface area (Å²) in [5, 5.41) is 0.824. The number of halogens is 1. The molecule has 2 rings (SSSR count). The van der Waals surface area contributed by atoms with Crippen molar-refractivity contribution in [1.29, 1.82) is 0 Å². The molecule has 18 heavy (non-hydrogen) atoms. The maximum atomic E-state index is 6.24. The minimum atomic E-state index is 0.125. The van der Waals surface area contributed by atoms with Gasteiger partial charge in [0, 0.05) is 30.0 Å². The molecule has 3 heteroatoms. The number of aromatic nitrogens is 1. The third-order valence-corrected chi connectivity index (χ3v) is 3.55. The van der Waals surface area contributed by atoms with Crippen LogP contribution >= 0.6 is 11.6 Å². The maximum absolute atomic E-state index is 6.24. The van der Waals surface area contributed by atoms with Crippen LogP contribution in [0.25, 0.3) is 0 Å². The van der Waals surface area contributed by atoms with Gasteiger partial charge in [-0.2, -0.15) is 0 Å². The highest BCUT2D eigenvalue weighted by molar-refractivity contribution is 6.31. The molecule has 0 fully saturated rings. The Morgan fingerprint density at radius 2 is 2.11 bits per heavy atom. The van der Waals surface area contributed by atoms with Gasteiger partial charge in [-0.15, -0.1) is 0 Å². The summed E-state index contributed by atoms with van der Waals surface area (Å²) in [5.41, 5.74) is 9.51. The van der Waals surface area contributed by atoms with Crippen LogP contribution in [-0.4, -0.2) is 4.57 Å². The Morgan fingerprint density at radius 3 is 2.78 bits per heavy atom. The third-order valence-electron chi connectivity index (χ3n) is 3.20. The van der Waals surface area contributed by atoms with Crippen LogP contribution in [0, 0.1) is 6.92 Å². The number of hydrogen-bond donors (Lipinski definition) is 1. The summed E-state index contributed by atoms with van der Waals surface area (Å²) in [6, 6.07) is 8.37. The Labute approximate surface area is 113 Å². The van der Waals surface area contributed by atoms with Crippen LogP contribution in [0.1, 0.15) is 36.1 Å². The Morgan fingerprint density at radius 1 is 1.33 bits per heavy atom. The zero-order chi connectivity index (χ0) is 13.1. The van der Waals surface area contributed by atoms with E-state index in [1.807, 2.05) is 13.0 Å². The summed E-state index contributed by atoms with van der Waals surface area (Å²) in [4.78, 5) is 0. The number of nitrogens with two attached hydrogens (primary N) is 1. The van der Waals surface area contributed by atoms with Crippen molar-refractivity contribution in [3.63, 3.8) is 0 Å². The van der Waals surface area contributed by atoms with E-state index in [0.29, 0.717) is 0 Å². The van der Waals surface area contributed by atoms with Crippen molar-refractivity contribution >= 4 is 11.6 Å². The van der Waals surface area contributed by atoms with Gasteiger partial charge in [-0.1, -0.05) is 30.7 Å². The average molecular weight is 263 g/mol.